The first kappa shape index (κ1) is 19.4. The van der Waals surface area contributed by atoms with Gasteiger partial charge < -0.3 is 5.32 Å². The van der Waals surface area contributed by atoms with E-state index in [0.717, 1.165) is 15.4 Å². The smallest absolute Gasteiger partial charge is 0.253 e. The van der Waals surface area contributed by atoms with Crippen LogP contribution in [0.1, 0.15) is 28.4 Å². The molecular weight excluding hydrogens is 388 g/mol. The van der Waals surface area contributed by atoms with E-state index in [2.05, 4.69) is 5.32 Å². The molecule has 1 atom stereocenters. The molecule has 27 heavy (non-hydrogen) atoms. The van der Waals surface area contributed by atoms with Crippen LogP contribution in [0.2, 0.25) is 5.02 Å². The Kier molecular flexibility index (Phi) is 5.26. The second kappa shape index (κ2) is 7.32. The number of carbonyl (C=O) groups excluding carboxylic acids is 2. The van der Waals surface area contributed by atoms with Gasteiger partial charge in [-0.15, -0.1) is 0 Å². The first-order valence-electron chi connectivity index (χ1n) is 8.40. The zero-order valence-corrected chi connectivity index (χ0v) is 16.5. The molecule has 2 amide bonds. The van der Waals surface area contributed by atoms with E-state index in [1.807, 2.05) is 31.2 Å². The summed E-state index contributed by atoms with van der Waals surface area (Å²) in [6, 6.07) is 11.9. The van der Waals surface area contributed by atoms with Crippen molar-refractivity contribution >= 4 is 39.1 Å². The lowest BCUT2D eigenvalue weighted by molar-refractivity contribution is -0.119. The van der Waals surface area contributed by atoms with Crippen LogP contribution in [0.25, 0.3) is 0 Å². The number of nitrogens with zero attached hydrogens (tertiary/aromatic N) is 1. The van der Waals surface area contributed by atoms with Crippen molar-refractivity contribution in [1.82, 2.24) is 5.32 Å². The Labute approximate surface area is 163 Å². The van der Waals surface area contributed by atoms with E-state index in [9.17, 15) is 18.0 Å². The summed E-state index contributed by atoms with van der Waals surface area (Å²) in [4.78, 5) is 24.6. The second-order valence-corrected chi connectivity index (χ2v) is 8.83. The fourth-order valence-electron chi connectivity index (χ4n) is 2.98. The molecule has 8 heteroatoms. The Hall–Kier alpha value is -2.38. The van der Waals surface area contributed by atoms with Crippen LogP contribution in [0, 0.1) is 12.8 Å². The molecule has 0 aliphatic carbocycles. The molecule has 142 valence electrons. The normalized spacial score (nSPS) is 18.6. The van der Waals surface area contributed by atoms with Crippen molar-refractivity contribution in [1.29, 1.82) is 0 Å². The highest BCUT2D eigenvalue weighted by atomic mass is 35.5. The van der Waals surface area contributed by atoms with Crippen molar-refractivity contribution in [3.63, 3.8) is 0 Å². The average molecular weight is 407 g/mol. The molecule has 0 spiro atoms. The third-order valence-electron chi connectivity index (χ3n) is 4.49. The van der Waals surface area contributed by atoms with Crippen LogP contribution >= 0.6 is 11.6 Å². The maximum Gasteiger partial charge on any atom is 0.253 e. The maximum atomic E-state index is 12.4. The number of halogens is 1. The van der Waals surface area contributed by atoms with Crippen LogP contribution in [0.15, 0.2) is 42.5 Å². The van der Waals surface area contributed by atoms with Crippen molar-refractivity contribution < 1.29 is 18.0 Å². The van der Waals surface area contributed by atoms with Gasteiger partial charge in [-0.1, -0.05) is 42.8 Å². The highest BCUT2D eigenvalue weighted by molar-refractivity contribution is 7.94. The summed E-state index contributed by atoms with van der Waals surface area (Å²) in [6.07, 6.45) is 0. The Morgan fingerprint density at radius 3 is 2.56 bits per heavy atom. The van der Waals surface area contributed by atoms with Crippen molar-refractivity contribution in [2.75, 3.05) is 10.1 Å². The molecule has 2 aromatic carbocycles. The first-order chi connectivity index (χ1) is 12.7. The fourth-order valence-corrected chi connectivity index (χ4v) is 5.05. The Bertz CT molecular complexity index is 1020. The van der Waals surface area contributed by atoms with Crippen molar-refractivity contribution in [3.8, 4) is 0 Å². The lowest BCUT2D eigenvalue weighted by Gasteiger charge is -2.16. The van der Waals surface area contributed by atoms with Gasteiger partial charge in [0.05, 0.1) is 27.9 Å². The summed E-state index contributed by atoms with van der Waals surface area (Å²) >= 11 is 6.20. The topological polar surface area (TPSA) is 83.6 Å². The molecule has 0 saturated carbocycles. The van der Waals surface area contributed by atoms with Gasteiger partial charge in [0.2, 0.25) is 15.9 Å². The summed E-state index contributed by atoms with van der Waals surface area (Å²) in [6.45, 7) is 3.87. The summed E-state index contributed by atoms with van der Waals surface area (Å²) in [7, 11) is -3.71. The van der Waals surface area contributed by atoms with Crippen LogP contribution in [0.4, 0.5) is 5.69 Å². The van der Waals surface area contributed by atoms with Crippen LogP contribution in [0.5, 0.6) is 0 Å². The molecule has 1 N–H and O–H groups in total. The number of nitrogens with one attached hydrogen (secondary N) is 1. The lowest BCUT2D eigenvalue weighted by Crippen LogP contribution is -2.30. The second-order valence-electron chi connectivity index (χ2n) is 6.56. The monoisotopic (exact) mass is 406 g/mol. The predicted molar refractivity (Wildman–Crippen MR) is 104 cm³/mol. The van der Waals surface area contributed by atoms with Gasteiger partial charge in [0.15, 0.2) is 0 Å². The molecule has 0 unspecified atom stereocenters. The van der Waals surface area contributed by atoms with Crippen LogP contribution < -0.4 is 9.62 Å². The molecule has 1 aliphatic heterocycles. The number of amides is 2. The van der Waals surface area contributed by atoms with Gasteiger partial charge in [-0.3, -0.25) is 9.59 Å². The lowest BCUT2D eigenvalue weighted by atomic mass is 10.1. The molecule has 6 nitrogen and oxygen atoms in total. The SMILES string of the molecule is Cc1ccccc1CNC(=O)c1ccc(N2C(=O)[C@@H](C)CS2(=O)=O)cc1Cl. The van der Waals surface area contributed by atoms with E-state index >= 15 is 0 Å². The standard InChI is InChI=1S/C19H19ClN2O4S/c1-12-5-3-4-6-14(12)10-21-18(23)16-8-7-15(9-17(16)20)22-19(24)13(2)11-27(22,25)26/h3-9,13H,10-11H2,1-2H3,(H,21,23)/t13-/m0/s1. The summed E-state index contributed by atoms with van der Waals surface area (Å²) in [5, 5.41) is 2.88. The van der Waals surface area contributed by atoms with E-state index in [4.69, 9.17) is 11.6 Å². The Morgan fingerprint density at radius 2 is 1.96 bits per heavy atom. The average Bonchev–Trinajstić information content (AvgIpc) is 2.81. The van der Waals surface area contributed by atoms with Gasteiger partial charge in [0, 0.05) is 6.54 Å². The number of anilines is 1. The van der Waals surface area contributed by atoms with Gasteiger partial charge in [0.25, 0.3) is 5.91 Å². The number of benzene rings is 2. The van der Waals surface area contributed by atoms with Gasteiger partial charge in [-0.25, -0.2) is 12.7 Å². The van der Waals surface area contributed by atoms with E-state index in [-0.39, 0.29) is 27.9 Å². The van der Waals surface area contributed by atoms with Gasteiger partial charge in [0.1, 0.15) is 0 Å². The summed E-state index contributed by atoms with van der Waals surface area (Å²) in [5.41, 5.74) is 2.41. The zero-order valence-electron chi connectivity index (χ0n) is 14.9. The molecule has 1 aliphatic rings. The number of aryl methyl sites for hydroxylation is 1. The molecule has 3 rings (SSSR count). The summed E-state index contributed by atoms with van der Waals surface area (Å²) in [5.74, 6) is -1.71. The number of sulfonamides is 1. The van der Waals surface area contributed by atoms with Crippen molar-refractivity contribution in [2.45, 2.75) is 20.4 Å². The number of rotatable bonds is 4. The van der Waals surface area contributed by atoms with Crippen molar-refractivity contribution in [3.05, 3.63) is 64.2 Å². The van der Waals surface area contributed by atoms with Gasteiger partial charge in [-0.05, 0) is 36.2 Å². The fraction of sp³-hybridized carbons (Fsp3) is 0.263. The van der Waals surface area contributed by atoms with E-state index < -0.39 is 21.8 Å². The number of hydrogen-bond acceptors (Lipinski definition) is 4. The predicted octanol–water partition coefficient (Wildman–Crippen LogP) is 2.89. The molecule has 1 heterocycles. The van der Waals surface area contributed by atoms with E-state index in [1.54, 1.807) is 6.92 Å². The Morgan fingerprint density at radius 1 is 1.26 bits per heavy atom. The molecule has 1 saturated heterocycles. The van der Waals surface area contributed by atoms with E-state index in [0.29, 0.717) is 6.54 Å². The minimum Gasteiger partial charge on any atom is -0.348 e. The van der Waals surface area contributed by atoms with Crippen LogP contribution in [0.3, 0.4) is 0 Å². The maximum absolute atomic E-state index is 12.4. The number of carbonyl (C=O) groups is 2. The van der Waals surface area contributed by atoms with Gasteiger partial charge in [-0.2, -0.15) is 0 Å². The van der Waals surface area contributed by atoms with Crippen LogP contribution in [-0.4, -0.2) is 26.0 Å². The van der Waals surface area contributed by atoms with E-state index in [1.165, 1.54) is 18.2 Å². The van der Waals surface area contributed by atoms with Crippen molar-refractivity contribution in [2.24, 2.45) is 5.92 Å². The third-order valence-corrected chi connectivity index (χ3v) is 6.67. The minimum absolute atomic E-state index is 0.0809. The zero-order chi connectivity index (χ0) is 19.8. The molecular formula is C19H19ClN2O4S. The largest absolute Gasteiger partial charge is 0.348 e. The molecule has 1 fully saturated rings. The summed E-state index contributed by atoms with van der Waals surface area (Å²) < 4.78 is 25.1. The van der Waals surface area contributed by atoms with Gasteiger partial charge >= 0.3 is 0 Å². The molecule has 0 aromatic heterocycles. The Balaban J connectivity index is 1.80. The highest BCUT2D eigenvalue weighted by Crippen LogP contribution is 2.31. The van der Waals surface area contributed by atoms with Crippen LogP contribution in [-0.2, 0) is 21.4 Å². The first-order valence-corrected chi connectivity index (χ1v) is 10.4. The quantitative estimate of drug-likeness (QED) is 0.846. The molecule has 0 radical (unpaired) electrons. The highest BCUT2D eigenvalue weighted by Gasteiger charge is 2.42. The molecule has 0 bridgehead atoms. The minimum atomic E-state index is -3.71. The number of hydrogen-bond donors (Lipinski definition) is 1. The third kappa shape index (κ3) is 3.84. The molecule has 2 aromatic rings.